The first-order valence-electron chi connectivity index (χ1n) is 8.89. The third-order valence-electron chi connectivity index (χ3n) is 4.24. The van der Waals surface area contributed by atoms with Crippen LogP contribution in [-0.4, -0.2) is 37.7 Å². The summed E-state index contributed by atoms with van der Waals surface area (Å²) < 4.78 is 11.4. The number of carbonyl (C=O) groups is 2. The maximum atomic E-state index is 12.3. The van der Waals surface area contributed by atoms with Gasteiger partial charge in [0.25, 0.3) is 5.91 Å². The minimum absolute atomic E-state index is 0.00956. The first-order valence-corrected chi connectivity index (χ1v) is 8.89. The van der Waals surface area contributed by atoms with Gasteiger partial charge in [-0.15, -0.1) is 0 Å². The highest BCUT2D eigenvalue weighted by atomic mass is 16.5. The normalized spacial score (nSPS) is 15.9. The van der Waals surface area contributed by atoms with Crippen LogP contribution in [0.1, 0.15) is 23.2 Å². The van der Waals surface area contributed by atoms with Gasteiger partial charge in [0.1, 0.15) is 12.4 Å². The van der Waals surface area contributed by atoms with Crippen molar-refractivity contribution in [3.63, 3.8) is 0 Å². The molecule has 2 aromatic carbocycles. The molecule has 2 amide bonds. The van der Waals surface area contributed by atoms with Gasteiger partial charge >= 0.3 is 0 Å². The predicted octanol–water partition coefficient (Wildman–Crippen LogP) is 2.39. The number of hydrogen-bond donors (Lipinski definition) is 3. The largest absolute Gasteiger partial charge is 0.489 e. The molecule has 7 heteroatoms. The van der Waals surface area contributed by atoms with Gasteiger partial charge in [-0.05, 0) is 37.1 Å². The number of rotatable bonds is 8. The van der Waals surface area contributed by atoms with Crippen LogP contribution in [0.4, 0.5) is 11.4 Å². The molecule has 3 rings (SSSR count). The molecule has 0 saturated carbocycles. The van der Waals surface area contributed by atoms with Gasteiger partial charge in [0.05, 0.1) is 23.9 Å². The smallest absolute Gasteiger partial charge is 0.250 e. The van der Waals surface area contributed by atoms with Crippen LogP contribution in [0.25, 0.3) is 0 Å². The van der Waals surface area contributed by atoms with Crippen LogP contribution in [0.15, 0.2) is 48.5 Å². The number of benzene rings is 2. The van der Waals surface area contributed by atoms with Gasteiger partial charge in [0.2, 0.25) is 5.91 Å². The van der Waals surface area contributed by atoms with E-state index in [0.717, 1.165) is 19.4 Å². The van der Waals surface area contributed by atoms with E-state index in [4.69, 9.17) is 15.2 Å². The lowest BCUT2D eigenvalue weighted by Gasteiger charge is -2.15. The molecule has 1 heterocycles. The van der Waals surface area contributed by atoms with Gasteiger partial charge in [0.15, 0.2) is 0 Å². The van der Waals surface area contributed by atoms with Crippen LogP contribution in [-0.2, 0) is 9.53 Å². The Bertz CT molecular complexity index is 803. The average molecular weight is 369 g/mol. The van der Waals surface area contributed by atoms with E-state index in [2.05, 4.69) is 10.6 Å². The van der Waals surface area contributed by atoms with Gasteiger partial charge in [-0.3, -0.25) is 9.59 Å². The fourth-order valence-electron chi connectivity index (χ4n) is 2.88. The van der Waals surface area contributed by atoms with Crippen molar-refractivity contribution in [1.82, 2.24) is 0 Å². The van der Waals surface area contributed by atoms with Crippen molar-refractivity contribution >= 4 is 23.2 Å². The second-order valence-corrected chi connectivity index (χ2v) is 6.25. The molecule has 0 aromatic heterocycles. The summed E-state index contributed by atoms with van der Waals surface area (Å²) in [5, 5.41) is 5.76. The van der Waals surface area contributed by atoms with Crippen molar-refractivity contribution in [2.24, 2.45) is 5.73 Å². The zero-order valence-corrected chi connectivity index (χ0v) is 14.9. The molecule has 1 atom stereocenters. The van der Waals surface area contributed by atoms with Crippen LogP contribution in [0.2, 0.25) is 0 Å². The summed E-state index contributed by atoms with van der Waals surface area (Å²) >= 11 is 0. The Balaban J connectivity index is 1.57. The van der Waals surface area contributed by atoms with E-state index >= 15 is 0 Å². The number of carbonyl (C=O) groups excluding carboxylic acids is 2. The summed E-state index contributed by atoms with van der Waals surface area (Å²) in [7, 11) is 0. The van der Waals surface area contributed by atoms with Gasteiger partial charge in [-0.25, -0.2) is 0 Å². The van der Waals surface area contributed by atoms with E-state index in [1.807, 2.05) is 12.1 Å². The molecule has 0 radical (unpaired) electrons. The molecule has 1 fully saturated rings. The van der Waals surface area contributed by atoms with Crippen molar-refractivity contribution in [1.29, 1.82) is 0 Å². The van der Waals surface area contributed by atoms with E-state index in [-0.39, 0.29) is 18.6 Å². The third kappa shape index (κ3) is 5.21. The maximum absolute atomic E-state index is 12.3. The average Bonchev–Trinajstić information content (AvgIpc) is 3.19. The molecule has 1 aliphatic heterocycles. The number of nitrogens with one attached hydrogen (secondary N) is 2. The first kappa shape index (κ1) is 18.7. The van der Waals surface area contributed by atoms with Gasteiger partial charge < -0.3 is 25.8 Å². The molecule has 0 spiro atoms. The SMILES string of the molecule is NC(=O)c1ccccc1NCC(=O)Nc1ccccc1OCC1CCCO1. The van der Waals surface area contributed by atoms with Crippen molar-refractivity contribution in [2.45, 2.75) is 18.9 Å². The van der Waals surface area contributed by atoms with E-state index < -0.39 is 5.91 Å². The van der Waals surface area contributed by atoms with Crippen LogP contribution in [0, 0.1) is 0 Å². The zero-order valence-electron chi connectivity index (χ0n) is 14.9. The Hall–Kier alpha value is -3.06. The molecule has 1 aliphatic rings. The van der Waals surface area contributed by atoms with Gasteiger partial charge in [-0.1, -0.05) is 24.3 Å². The second-order valence-electron chi connectivity index (χ2n) is 6.25. The Kier molecular flexibility index (Phi) is 6.27. The number of para-hydroxylation sites is 3. The zero-order chi connectivity index (χ0) is 19.1. The highest BCUT2D eigenvalue weighted by molar-refractivity contribution is 6.00. The van der Waals surface area contributed by atoms with Crippen LogP contribution in [0.3, 0.4) is 0 Å². The topological polar surface area (TPSA) is 103 Å². The summed E-state index contributed by atoms with van der Waals surface area (Å²) in [4.78, 5) is 23.7. The number of nitrogens with two attached hydrogens (primary N) is 1. The van der Waals surface area contributed by atoms with Crippen LogP contribution in [0.5, 0.6) is 5.75 Å². The molecule has 142 valence electrons. The Morgan fingerprint density at radius 3 is 2.59 bits per heavy atom. The highest BCUT2D eigenvalue weighted by Crippen LogP contribution is 2.25. The summed E-state index contributed by atoms with van der Waals surface area (Å²) in [5.41, 5.74) is 6.79. The maximum Gasteiger partial charge on any atom is 0.250 e. The Morgan fingerprint density at radius 1 is 1.11 bits per heavy atom. The molecular formula is C20H23N3O4. The third-order valence-corrected chi connectivity index (χ3v) is 4.24. The lowest BCUT2D eigenvalue weighted by atomic mass is 10.1. The molecular weight excluding hydrogens is 346 g/mol. The van der Waals surface area contributed by atoms with Crippen molar-refractivity contribution in [3.8, 4) is 5.75 Å². The fraction of sp³-hybridized carbons (Fsp3) is 0.300. The molecule has 2 aromatic rings. The molecule has 1 saturated heterocycles. The Labute approximate surface area is 157 Å². The van der Waals surface area contributed by atoms with E-state index in [9.17, 15) is 9.59 Å². The van der Waals surface area contributed by atoms with Crippen LogP contribution < -0.4 is 21.1 Å². The highest BCUT2D eigenvalue weighted by Gasteiger charge is 2.17. The fourth-order valence-corrected chi connectivity index (χ4v) is 2.88. The minimum atomic E-state index is -0.550. The summed E-state index contributed by atoms with van der Waals surface area (Å²) in [5.74, 6) is -0.215. The second kappa shape index (κ2) is 9.05. The van der Waals surface area contributed by atoms with E-state index in [1.165, 1.54) is 0 Å². The molecule has 27 heavy (non-hydrogen) atoms. The summed E-state index contributed by atoms with van der Waals surface area (Å²) in [6.07, 6.45) is 2.13. The number of primary amides is 1. The molecule has 0 bridgehead atoms. The minimum Gasteiger partial charge on any atom is -0.489 e. The van der Waals surface area contributed by atoms with Crippen LogP contribution >= 0.6 is 0 Å². The quantitative estimate of drug-likeness (QED) is 0.663. The monoisotopic (exact) mass is 369 g/mol. The number of hydrogen-bond acceptors (Lipinski definition) is 5. The van der Waals surface area contributed by atoms with Crippen molar-refractivity contribution in [2.75, 3.05) is 30.4 Å². The summed E-state index contributed by atoms with van der Waals surface area (Å²) in [6.45, 7) is 1.21. The van der Waals surface area contributed by atoms with Gasteiger partial charge in [0, 0.05) is 12.3 Å². The molecule has 0 aliphatic carbocycles. The van der Waals surface area contributed by atoms with Crippen molar-refractivity contribution < 1.29 is 19.1 Å². The number of ether oxygens (including phenoxy) is 2. The predicted molar refractivity (Wildman–Crippen MR) is 103 cm³/mol. The number of anilines is 2. The molecule has 1 unspecified atom stereocenters. The number of amides is 2. The van der Waals surface area contributed by atoms with E-state index in [1.54, 1.807) is 36.4 Å². The van der Waals surface area contributed by atoms with Gasteiger partial charge in [-0.2, -0.15) is 0 Å². The first-order chi connectivity index (χ1) is 13.1. The van der Waals surface area contributed by atoms with Crippen molar-refractivity contribution in [3.05, 3.63) is 54.1 Å². The lowest BCUT2D eigenvalue weighted by Crippen LogP contribution is -2.24. The summed E-state index contributed by atoms with van der Waals surface area (Å²) in [6, 6.07) is 14.0. The lowest BCUT2D eigenvalue weighted by molar-refractivity contribution is -0.114. The van der Waals surface area contributed by atoms with E-state index in [0.29, 0.717) is 29.3 Å². The Morgan fingerprint density at radius 2 is 1.85 bits per heavy atom. The standard InChI is InChI=1S/C20H23N3O4/c21-20(25)15-7-1-2-8-16(15)22-12-19(24)23-17-9-3-4-10-18(17)27-13-14-6-5-11-26-14/h1-4,7-10,14,22H,5-6,11-13H2,(H2,21,25)(H,23,24). The molecule has 7 nitrogen and oxygen atoms in total. The molecule has 4 N–H and O–H groups in total.